The first-order valence-corrected chi connectivity index (χ1v) is 12.4. The monoisotopic (exact) mass is 479 g/mol. The van der Waals surface area contributed by atoms with E-state index in [4.69, 9.17) is 18.6 Å². The Morgan fingerprint density at radius 1 is 0.971 bits per heavy atom. The van der Waals surface area contributed by atoms with Crippen molar-refractivity contribution in [1.82, 2.24) is 4.90 Å². The highest BCUT2D eigenvalue weighted by atomic mass is 16.5. The van der Waals surface area contributed by atoms with Crippen LogP contribution in [0.5, 0.6) is 11.5 Å². The first-order chi connectivity index (χ1) is 17.1. The molecule has 1 aliphatic rings. The number of carbonyl (C=O) groups excluding carboxylic acids is 1. The fourth-order valence-electron chi connectivity index (χ4n) is 4.53. The predicted octanol–water partition coefficient (Wildman–Crippen LogP) is 5.34. The van der Waals surface area contributed by atoms with Crippen LogP contribution in [0, 0.1) is 0 Å². The summed E-state index contributed by atoms with van der Waals surface area (Å²) in [6, 6.07) is 12.1. The van der Waals surface area contributed by atoms with Crippen LogP contribution >= 0.6 is 0 Å². The van der Waals surface area contributed by atoms with Gasteiger partial charge in [-0.05, 0) is 49.6 Å². The summed E-state index contributed by atoms with van der Waals surface area (Å²) in [5.41, 5.74) is 1.36. The molecular formula is C28H33NO6. The number of unbranched alkanes of at least 4 members (excludes halogenated alkanes) is 2. The van der Waals surface area contributed by atoms with Crippen molar-refractivity contribution in [2.75, 3.05) is 33.5 Å². The average molecular weight is 480 g/mol. The Morgan fingerprint density at radius 2 is 1.80 bits per heavy atom. The van der Waals surface area contributed by atoms with Gasteiger partial charge in [-0.25, -0.2) is 0 Å². The molecule has 0 bridgehead atoms. The molecule has 0 radical (unpaired) electrons. The molecule has 2 aromatic carbocycles. The van der Waals surface area contributed by atoms with E-state index in [9.17, 15) is 9.59 Å². The van der Waals surface area contributed by atoms with Gasteiger partial charge in [0, 0.05) is 19.8 Å². The molecule has 1 aromatic heterocycles. The van der Waals surface area contributed by atoms with Gasteiger partial charge in [-0.2, -0.15) is 0 Å². The average Bonchev–Trinajstić information content (AvgIpc) is 3.16. The van der Waals surface area contributed by atoms with Crippen LogP contribution in [0.4, 0.5) is 0 Å². The van der Waals surface area contributed by atoms with E-state index in [1.807, 2.05) is 25.1 Å². The van der Waals surface area contributed by atoms with Crippen LogP contribution in [-0.4, -0.2) is 44.3 Å². The maximum atomic E-state index is 13.6. The number of hydrogen-bond donors (Lipinski definition) is 0. The van der Waals surface area contributed by atoms with E-state index in [-0.39, 0.29) is 17.1 Å². The quantitative estimate of drug-likeness (QED) is 0.326. The van der Waals surface area contributed by atoms with Crippen LogP contribution in [0.2, 0.25) is 0 Å². The van der Waals surface area contributed by atoms with Gasteiger partial charge in [-0.3, -0.25) is 9.59 Å². The minimum atomic E-state index is -0.581. The zero-order valence-electron chi connectivity index (χ0n) is 20.7. The molecule has 7 nitrogen and oxygen atoms in total. The number of methoxy groups -OCH3 is 1. The summed E-state index contributed by atoms with van der Waals surface area (Å²) < 4.78 is 23.0. The zero-order valence-corrected chi connectivity index (χ0v) is 20.7. The van der Waals surface area contributed by atoms with Crippen LogP contribution in [0.15, 0.2) is 51.7 Å². The molecule has 1 atom stereocenters. The number of rotatable bonds is 12. The topological polar surface area (TPSA) is 78.2 Å². The van der Waals surface area contributed by atoms with Gasteiger partial charge in [-0.15, -0.1) is 0 Å². The number of hydrogen-bond acceptors (Lipinski definition) is 6. The van der Waals surface area contributed by atoms with Crippen LogP contribution in [-0.2, 0) is 4.74 Å². The van der Waals surface area contributed by atoms with E-state index in [0.717, 1.165) is 24.8 Å². The predicted molar refractivity (Wildman–Crippen MR) is 134 cm³/mol. The van der Waals surface area contributed by atoms with E-state index in [0.29, 0.717) is 60.8 Å². The Kier molecular flexibility index (Phi) is 8.08. The molecule has 3 aromatic rings. The Morgan fingerprint density at radius 3 is 2.57 bits per heavy atom. The third-order valence-corrected chi connectivity index (χ3v) is 6.27. The summed E-state index contributed by atoms with van der Waals surface area (Å²) >= 11 is 0. The van der Waals surface area contributed by atoms with E-state index in [1.54, 1.807) is 36.3 Å². The molecule has 0 fully saturated rings. The molecular weight excluding hydrogens is 446 g/mol. The Balaban J connectivity index is 1.75. The lowest BCUT2D eigenvalue weighted by molar-refractivity contribution is 0.0695. The fraction of sp³-hybridized carbons (Fsp3) is 0.429. The standard InChI is InChI=1S/C28H33NO6/c1-4-6-9-17-34-22-14-13-19(18-23(22)32-3)25-24-26(30)20-11-7-8-12-21(20)35-27(24)28(31)29(25)15-10-16-33-5-2/h7-8,11-14,18,25H,4-6,9-10,15-17H2,1-3H3. The third-order valence-electron chi connectivity index (χ3n) is 6.27. The van der Waals surface area contributed by atoms with Crippen LogP contribution in [0.25, 0.3) is 11.0 Å². The van der Waals surface area contributed by atoms with Crippen LogP contribution in [0.1, 0.15) is 67.3 Å². The SMILES string of the molecule is CCCCCOc1ccc(C2c3c(oc4ccccc4c3=O)C(=O)N2CCCOCC)cc1OC. The number of nitrogens with zero attached hydrogens (tertiary/aromatic N) is 1. The molecule has 1 amide bonds. The van der Waals surface area contributed by atoms with Crippen molar-refractivity contribution in [3.05, 3.63) is 69.6 Å². The van der Waals surface area contributed by atoms with Gasteiger partial charge >= 0.3 is 0 Å². The normalized spacial score (nSPS) is 15.0. The summed E-state index contributed by atoms with van der Waals surface area (Å²) in [6.45, 7) is 6.26. The summed E-state index contributed by atoms with van der Waals surface area (Å²) in [7, 11) is 1.59. The highest BCUT2D eigenvalue weighted by molar-refractivity contribution is 5.99. The molecule has 0 aliphatic carbocycles. The van der Waals surface area contributed by atoms with Crippen molar-refractivity contribution >= 4 is 16.9 Å². The van der Waals surface area contributed by atoms with E-state index < -0.39 is 6.04 Å². The number of carbonyl (C=O) groups is 1. The van der Waals surface area contributed by atoms with Gasteiger partial charge in [0.1, 0.15) is 5.58 Å². The highest BCUT2D eigenvalue weighted by Crippen LogP contribution is 2.41. The molecule has 0 saturated heterocycles. The number of para-hydroxylation sites is 1. The van der Waals surface area contributed by atoms with Crippen molar-refractivity contribution in [2.24, 2.45) is 0 Å². The second kappa shape index (κ2) is 11.4. The van der Waals surface area contributed by atoms with Crippen molar-refractivity contribution in [2.45, 2.75) is 45.6 Å². The Hall–Kier alpha value is -3.32. The van der Waals surface area contributed by atoms with Crippen molar-refractivity contribution in [3.8, 4) is 11.5 Å². The van der Waals surface area contributed by atoms with E-state index in [2.05, 4.69) is 6.92 Å². The first-order valence-electron chi connectivity index (χ1n) is 12.4. The lowest BCUT2D eigenvalue weighted by Gasteiger charge is -2.25. The van der Waals surface area contributed by atoms with Crippen molar-refractivity contribution < 1.29 is 23.4 Å². The molecule has 1 aliphatic heterocycles. The molecule has 1 unspecified atom stereocenters. The molecule has 186 valence electrons. The molecule has 0 saturated carbocycles. The Bertz CT molecular complexity index is 1230. The van der Waals surface area contributed by atoms with Gasteiger partial charge < -0.3 is 23.5 Å². The number of amides is 1. The summed E-state index contributed by atoms with van der Waals surface area (Å²) in [5, 5.41) is 0.461. The van der Waals surface area contributed by atoms with E-state index >= 15 is 0 Å². The van der Waals surface area contributed by atoms with Crippen LogP contribution in [0.3, 0.4) is 0 Å². The lowest BCUT2D eigenvalue weighted by atomic mass is 9.98. The van der Waals surface area contributed by atoms with Gasteiger partial charge in [0.05, 0.1) is 30.7 Å². The Labute approximate surface area is 205 Å². The maximum Gasteiger partial charge on any atom is 0.290 e. The van der Waals surface area contributed by atoms with Gasteiger partial charge in [0.2, 0.25) is 5.76 Å². The number of ether oxygens (including phenoxy) is 3. The highest BCUT2D eigenvalue weighted by Gasteiger charge is 2.42. The molecule has 4 rings (SSSR count). The lowest BCUT2D eigenvalue weighted by Crippen LogP contribution is -2.31. The maximum absolute atomic E-state index is 13.6. The minimum absolute atomic E-state index is 0.106. The minimum Gasteiger partial charge on any atom is -0.493 e. The smallest absolute Gasteiger partial charge is 0.290 e. The largest absolute Gasteiger partial charge is 0.493 e. The van der Waals surface area contributed by atoms with Crippen molar-refractivity contribution in [3.63, 3.8) is 0 Å². The second-order valence-electron chi connectivity index (χ2n) is 8.59. The molecule has 35 heavy (non-hydrogen) atoms. The third kappa shape index (κ3) is 5.05. The van der Waals surface area contributed by atoms with Gasteiger partial charge in [0.25, 0.3) is 5.91 Å². The molecule has 0 N–H and O–H groups in total. The summed E-state index contributed by atoms with van der Waals surface area (Å²) in [4.78, 5) is 28.7. The second-order valence-corrected chi connectivity index (χ2v) is 8.59. The van der Waals surface area contributed by atoms with Gasteiger partial charge in [-0.1, -0.05) is 38.0 Å². The number of fused-ring (bicyclic) bond motifs is 2. The number of benzene rings is 2. The summed E-state index contributed by atoms with van der Waals surface area (Å²) in [5.74, 6) is 1.03. The van der Waals surface area contributed by atoms with E-state index in [1.165, 1.54) is 0 Å². The van der Waals surface area contributed by atoms with Crippen LogP contribution < -0.4 is 14.9 Å². The molecule has 2 heterocycles. The first kappa shape index (κ1) is 24.8. The molecule has 0 spiro atoms. The fourth-order valence-corrected chi connectivity index (χ4v) is 4.53. The zero-order chi connectivity index (χ0) is 24.8. The van der Waals surface area contributed by atoms with Gasteiger partial charge in [0.15, 0.2) is 16.9 Å². The molecule has 7 heteroatoms. The van der Waals surface area contributed by atoms with Crippen molar-refractivity contribution in [1.29, 1.82) is 0 Å². The summed E-state index contributed by atoms with van der Waals surface area (Å²) in [6.07, 6.45) is 3.83.